The highest BCUT2D eigenvalue weighted by Crippen LogP contribution is 2.27. The van der Waals surface area contributed by atoms with E-state index in [1.54, 1.807) is 12.1 Å². The summed E-state index contributed by atoms with van der Waals surface area (Å²) < 4.78 is 27.2. The molecule has 0 saturated heterocycles. The predicted octanol–water partition coefficient (Wildman–Crippen LogP) is 4.87. The Labute approximate surface area is 133 Å². The van der Waals surface area contributed by atoms with Gasteiger partial charge in [-0.1, -0.05) is 33.6 Å². The van der Waals surface area contributed by atoms with Crippen LogP contribution in [0.25, 0.3) is 0 Å². The van der Waals surface area contributed by atoms with Crippen LogP contribution in [0.4, 0.5) is 8.78 Å². The Balaban J connectivity index is 2.46. The van der Waals surface area contributed by atoms with Crippen molar-refractivity contribution in [3.05, 3.63) is 68.7 Å². The van der Waals surface area contributed by atoms with Crippen LogP contribution in [0.1, 0.15) is 21.8 Å². The fourth-order valence-corrected chi connectivity index (χ4v) is 2.73. The van der Waals surface area contributed by atoms with E-state index in [0.29, 0.717) is 15.6 Å². The van der Waals surface area contributed by atoms with Crippen LogP contribution in [0.15, 0.2) is 40.9 Å². The molecule has 0 aromatic heterocycles. The van der Waals surface area contributed by atoms with Crippen molar-refractivity contribution in [1.29, 1.82) is 5.26 Å². The van der Waals surface area contributed by atoms with Crippen LogP contribution in [0.5, 0.6) is 0 Å². The van der Waals surface area contributed by atoms with Gasteiger partial charge in [0.15, 0.2) is 5.78 Å². The molecular formula is C15H7BrClF2NO. The summed E-state index contributed by atoms with van der Waals surface area (Å²) in [4.78, 5) is 12.4. The summed E-state index contributed by atoms with van der Waals surface area (Å²) in [6, 6.07) is 8.94. The Hall–Kier alpha value is -1.77. The molecule has 0 amide bonds. The van der Waals surface area contributed by atoms with Gasteiger partial charge in [-0.3, -0.25) is 4.79 Å². The SMILES string of the molecule is N#CC(C(=O)c1cc(Cl)cc(Br)c1)c1ccc(F)cc1F. The number of ketones is 1. The number of benzene rings is 2. The first-order valence-corrected chi connectivity index (χ1v) is 6.94. The molecule has 1 unspecified atom stereocenters. The molecule has 21 heavy (non-hydrogen) atoms. The van der Waals surface area contributed by atoms with Crippen molar-refractivity contribution < 1.29 is 13.6 Å². The highest BCUT2D eigenvalue weighted by atomic mass is 79.9. The molecular weight excluding hydrogens is 364 g/mol. The normalized spacial score (nSPS) is 11.8. The predicted molar refractivity (Wildman–Crippen MR) is 78.2 cm³/mol. The highest BCUT2D eigenvalue weighted by molar-refractivity contribution is 9.10. The number of hydrogen-bond acceptors (Lipinski definition) is 2. The quantitative estimate of drug-likeness (QED) is 0.723. The lowest BCUT2D eigenvalue weighted by Crippen LogP contribution is -2.13. The minimum absolute atomic E-state index is 0.167. The summed E-state index contributed by atoms with van der Waals surface area (Å²) in [6.45, 7) is 0. The fraction of sp³-hybridized carbons (Fsp3) is 0.0667. The average molecular weight is 371 g/mol. The van der Waals surface area contributed by atoms with Crippen LogP contribution in [-0.4, -0.2) is 5.78 Å². The second-order valence-electron chi connectivity index (χ2n) is 4.25. The van der Waals surface area contributed by atoms with E-state index >= 15 is 0 Å². The van der Waals surface area contributed by atoms with E-state index in [4.69, 9.17) is 16.9 Å². The first-order valence-electron chi connectivity index (χ1n) is 5.77. The van der Waals surface area contributed by atoms with Crippen LogP contribution in [0.2, 0.25) is 5.02 Å². The van der Waals surface area contributed by atoms with Crippen LogP contribution in [-0.2, 0) is 0 Å². The van der Waals surface area contributed by atoms with E-state index in [-0.39, 0.29) is 11.1 Å². The molecule has 0 fully saturated rings. The molecule has 2 nitrogen and oxygen atoms in total. The zero-order valence-corrected chi connectivity index (χ0v) is 12.8. The third kappa shape index (κ3) is 3.46. The van der Waals surface area contributed by atoms with Gasteiger partial charge in [0.2, 0.25) is 0 Å². The van der Waals surface area contributed by atoms with Gasteiger partial charge in [-0.05, 0) is 24.3 Å². The molecule has 106 valence electrons. The molecule has 0 heterocycles. The Morgan fingerprint density at radius 1 is 1.24 bits per heavy atom. The van der Waals surface area contributed by atoms with Gasteiger partial charge in [-0.25, -0.2) is 8.78 Å². The molecule has 0 radical (unpaired) electrons. The molecule has 0 aliphatic rings. The highest BCUT2D eigenvalue weighted by Gasteiger charge is 2.25. The van der Waals surface area contributed by atoms with Crippen molar-refractivity contribution in [2.24, 2.45) is 0 Å². The lowest BCUT2D eigenvalue weighted by atomic mass is 9.91. The van der Waals surface area contributed by atoms with E-state index in [0.717, 1.165) is 12.1 Å². The van der Waals surface area contributed by atoms with E-state index in [9.17, 15) is 13.6 Å². The number of nitriles is 1. The van der Waals surface area contributed by atoms with E-state index < -0.39 is 23.3 Å². The molecule has 0 aliphatic heterocycles. The van der Waals surface area contributed by atoms with Crippen LogP contribution >= 0.6 is 27.5 Å². The first kappa shape index (κ1) is 15.6. The van der Waals surface area contributed by atoms with Crippen molar-refractivity contribution >= 4 is 33.3 Å². The van der Waals surface area contributed by atoms with E-state index in [1.807, 2.05) is 0 Å². The fourth-order valence-electron chi connectivity index (χ4n) is 1.87. The summed E-state index contributed by atoms with van der Waals surface area (Å²) in [6.07, 6.45) is 0. The van der Waals surface area contributed by atoms with Crippen molar-refractivity contribution in [3.63, 3.8) is 0 Å². The summed E-state index contributed by atoms with van der Waals surface area (Å²) in [5.74, 6) is -3.68. The standard InChI is InChI=1S/C15H7BrClF2NO/c16-9-3-8(4-10(17)5-9)15(21)13(7-20)12-2-1-11(18)6-14(12)19/h1-6,13H. The van der Waals surface area contributed by atoms with Crippen LogP contribution in [0, 0.1) is 23.0 Å². The molecule has 2 aromatic carbocycles. The second kappa shape index (κ2) is 6.33. The van der Waals surface area contributed by atoms with Gasteiger partial charge in [0, 0.05) is 26.7 Å². The van der Waals surface area contributed by atoms with Crippen LogP contribution in [0.3, 0.4) is 0 Å². The Kier molecular flexibility index (Phi) is 4.71. The van der Waals surface area contributed by atoms with Crippen LogP contribution < -0.4 is 0 Å². The van der Waals surface area contributed by atoms with Crippen molar-refractivity contribution in [2.45, 2.75) is 5.92 Å². The van der Waals surface area contributed by atoms with E-state index in [1.165, 1.54) is 12.1 Å². The number of carbonyl (C=O) groups is 1. The second-order valence-corrected chi connectivity index (χ2v) is 5.60. The van der Waals surface area contributed by atoms with Gasteiger partial charge in [0.05, 0.1) is 6.07 Å². The van der Waals surface area contributed by atoms with E-state index in [2.05, 4.69) is 15.9 Å². The molecule has 0 aliphatic carbocycles. The minimum atomic E-state index is -1.36. The Morgan fingerprint density at radius 2 is 1.95 bits per heavy atom. The molecule has 0 N–H and O–H groups in total. The molecule has 0 spiro atoms. The van der Waals surface area contributed by atoms with Gasteiger partial charge >= 0.3 is 0 Å². The number of rotatable bonds is 3. The monoisotopic (exact) mass is 369 g/mol. The van der Waals surface area contributed by atoms with Crippen molar-refractivity contribution in [1.82, 2.24) is 0 Å². The number of hydrogen-bond donors (Lipinski definition) is 0. The molecule has 2 rings (SSSR count). The summed E-state index contributed by atoms with van der Waals surface area (Å²) in [7, 11) is 0. The summed E-state index contributed by atoms with van der Waals surface area (Å²) in [5.41, 5.74) is 0.00430. The average Bonchev–Trinajstić information content (AvgIpc) is 2.40. The third-order valence-corrected chi connectivity index (χ3v) is 3.49. The van der Waals surface area contributed by atoms with Gasteiger partial charge in [-0.2, -0.15) is 5.26 Å². The summed E-state index contributed by atoms with van der Waals surface area (Å²) in [5, 5.41) is 9.48. The lowest BCUT2D eigenvalue weighted by Gasteiger charge is -2.10. The number of halogens is 4. The van der Waals surface area contributed by atoms with Gasteiger partial charge in [-0.15, -0.1) is 0 Å². The summed E-state index contributed by atoms with van der Waals surface area (Å²) >= 11 is 9.04. The van der Waals surface area contributed by atoms with Gasteiger partial charge in [0.1, 0.15) is 17.6 Å². The van der Waals surface area contributed by atoms with Gasteiger partial charge < -0.3 is 0 Å². The Morgan fingerprint density at radius 3 is 2.52 bits per heavy atom. The molecule has 1 atom stereocenters. The maximum absolute atomic E-state index is 13.7. The molecule has 2 aromatic rings. The Bertz CT molecular complexity index is 738. The number of nitrogens with zero attached hydrogens (tertiary/aromatic N) is 1. The zero-order chi connectivity index (χ0) is 15.6. The largest absolute Gasteiger partial charge is 0.292 e. The topological polar surface area (TPSA) is 40.9 Å². The molecule has 0 bridgehead atoms. The maximum atomic E-state index is 13.7. The number of carbonyl (C=O) groups excluding carboxylic acids is 1. The maximum Gasteiger partial charge on any atom is 0.184 e. The van der Waals surface area contributed by atoms with Gasteiger partial charge in [0.25, 0.3) is 0 Å². The van der Waals surface area contributed by atoms with Crippen molar-refractivity contribution in [3.8, 4) is 6.07 Å². The third-order valence-electron chi connectivity index (χ3n) is 2.81. The number of Topliss-reactive ketones (excluding diaryl/α,β-unsaturated/α-hetero) is 1. The molecule has 6 heteroatoms. The lowest BCUT2D eigenvalue weighted by molar-refractivity contribution is 0.0977. The molecule has 0 saturated carbocycles. The minimum Gasteiger partial charge on any atom is -0.292 e. The smallest absolute Gasteiger partial charge is 0.184 e. The first-order chi connectivity index (χ1) is 9.92. The van der Waals surface area contributed by atoms with Crippen molar-refractivity contribution in [2.75, 3.05) is 0 Å². The zero-order valence-electron chi connectivity index (χ0n) is 10.4.